The fraction of sp³-hybridized carbons (Fsp3) is 0.167. The molecule has 2 amide bonds. The van der Waals surface area contributed by atoms with Gasteiger partial charge >= 0.3 is 6.18 Å². The van der Waals surface area contributed by atoms with Gasteiger partial charge in [-0.1, -0.05) is 30.3 Å². The minimum Gasteiger partial charge on any atom is -0.457 e. The first-order valence-electron chi connectivity index (χ1n) is 9.90. The second kappa shape index (κ2) is 10.6. The third-order valence-electron chi connectivity index (χ3n) is 4.51. The van der Waals surface area contributed by atoms with Gasteiger partial charge in [-0.25, -0.2) is 0 Å². The van der Waals surface area contributed by atoms with Crippen molar-refractivity contribution in [3.8, 4) is 11.3 Å². The Bertz CT molecular complexity index is 1140. The lowest BCUT2D eigenvalue weighted by Crippen LogP contribution is -2.36. The van der Waals surface area contributed by atoms with Crippen LogP contribution in [0.4, 0.5) is 13.2 Å². The van der Waals surface area contributed by atoms with E-state index in [4.69, 9.17) is 9.15 Å². The zero-order chi connectivity index (χ0) is 23.8. The van der Waals surface area contributed by atoms with Gasteiger partial charge in [-0.15, -0.1) is 0 Å². The molecule has 0 aliphatic carbocycles. The van der Waals surface area contributed by atoms with Crippen molar-refractivity contribution in [1.82, 2.24) is 10.6 Å². The van der Waals surface area contributed by atoms with E-state index >= 15 is 0 Å². The van der Waals surface area contributed by atoms with E-state index in [0.29, 0.717) is 5.56 Å². The van der Waals surface area contributed by atoms with Crippen molar-refractivity contribution >= 4 is 17.9 Å². The van der Waals surface area contributed by atoms with Gasteiger partial charge < -0.3 is 19.8 Å². The van der Waals surface area contributed by atoms with Crippen molar-refractivity contribution in [3.05, 3.63) is 89.3 Å². The smallest absolute Gasteiger partial charge is 0.416 e. The van der Waals surface area contributed by atoms with E-state index in [2.05, 4.69) is 10.6 Å². The van der Waals surface area contributed by atoms with E-state index in [1.165, 1.54) is 37.5 Å². The van der Waals surface area contributed by atoms with Gasteiger partial charge in [-0.3, -0.25) is 9.59 Å². The molecule has 0 radical (unpaired) electrons. The molecule has 0 unspecified atom stereocenters. The molecule has 0 spiro atoms. The molecule has 33 heavy (non-hydrogen) atoms. The summed E-state index contributed by atoms with van der Waals surface area (Å²) in [5, 5.41) is 5.16. The first kappa shape index (κ1) is 23.8. The zero-order valence-electron chi connectivity index (χ0n) is 17.6. The Morgan fingerprint density at radius 3 is 2.48 bits per heavy atom. The molecule has 0 aliphatic rings. The van der Waals surface area contributed by atoms with Gasteiger partial charge in [0.1, 0.15) is 17.2 Å². The number of rotatable bonds is 8. The number of furan rings is 1. The highest BCUT2D eigenvalue weighted by Crippen LogP contribution is 2.32. The molecule has 2 N–H and O–H groups in total. The Morgan fingerprint density at radius 1 is 1.03 bits per heavy atom. The Balaban J connectivity index is 1.87. The van der Waals surface area contributed by atoms with Crippen LogP contribution in [0.2, 0.25) is 0 Å². The molecule has 0 bridgehead atoms. The van der Waals surface area contributed by atoms with E-state index in [1.807, 2.05) is 0 Å². The predicted octanol–water partition coefficient (Wildman–Crippen LogP) is 4.50. The number of ether oxygens (including phenoxy) is 1. The van der Waals surface area contributed by atoms with Gasteiger partial charge in [0, 0.05) is 30.9 Å². The van der Waals surface area contributed by atoms with Crippen molar-refractivity contribution in [2.75, 3.05) is 20.3 Å². The number of alkyl halides is 3. The number of nitrogens with one attached hydrogen (secondary N) is 2. The standard InChI is InChI=1S/C24H21F3N2O4/c1-32-13-12-28-23(31)20(29-22(30)16-6-3-2-4-7-16)15-19-10-11-21(33-19)17-8-5-9-18(14-17)24(25,26)27/h2-11,14-15H,12-13H2,1H3,(H,28,31)(H,29,30)/b20-15-. The molecule has 0 atom stereocenters. The van der Waals surface area contributed by atoms with Crippen molar-refractivity contribution in [2.45, 2.75) is 6.18 Å². The summed E-state index contributed by atoms with van der Waals surface area (Å²) in [5.41, 5.74) is -0.326. The summed E-state index contributed by atoms with van der Waals surface area (Å²) in [6.07, 6.45) is -3.18. The van der Waals surface area contributed by atoms with Crippen molar-refractivity contribution in [1.29, 1.82) is 0 Å². The first-order chi connectivity index (χ1) is 15.8. The number of hydrogen-bond donors (Lipinski definition) is 2. The summed E-state index contributed by atoms with van der Waals surface area (Å²) in [5.74, 6) is -0.727. The summed E-state index contributed by atoms with van der Waals surface area (Å²) < 4.78 is 49.6. The van der Waals surface area contributed by atoms with Crippen LogP contribution in [-0.2, 0) is 15.7 Å². The Labute approximate surface area is 188 Å². The summed E-state index contributed by atoms with van der Waals surface area (Å²) in [6, 6.07) is 16.0. The van der Waals surface area contributed by atoms with E-state index in [9.17, 15) is 22.8 Å². The molecule has 9 heteroatoms. The molecule has 2 aromatic carbocycles. The Hall–Kier alpha value is -3.85. The Morgan fingerprint density at radius 2 is 1.79 bits per heavy atom. The number of methoxy groups -OCH3 is 1. The third kappa shape index (κ3) is 6.56. The Kier molecular flexibility index (Phi) is 7.68. The fourth-order valence-corrected chi connectivity index (χ4v) is 2.88. The lowest BCUT2D eigenvalue weighted by molar-refractivity contribution is -0.137. The second-order valence-corrected chi connectivity index (χ2v) is 6.91. The van der Waals surface area contributed by atoms with Gasteiger partial charge in [-0.05, 0) is 36.4 Å². The molecule has 3 aromatic rings. The van der Waals surface area contributed by atoms with Crippen LogP contribution in [0.3, 0.4) is 0 Å². The van der Waals surface area contributed by atoms with E-state index in [-0.39, 0.29) is 35.9 Å². The molecule has 1 aromatic heterocycles. The van der Waals surface area contributed by atoms with Crippen LogP contribution >= 0.6 is 0 Å². The van der Waals surface area contributed by atoms with Crippen LogP contribution in [0, 0.1) is 0 Å². The van der Waals surface area contributed by atoms with Gasteiger partial charge in [0.25, 0.3) is 11.8 Å². The molecular formula is C24H21F3N2O4. The number of benzene rings is 2. The fourth-order valence-electron chi connectivity index (χ4n) is 2.88. The van der Waals surface area contributed by atoms with Gasteiger partial charge in [0.15, 0.2) is 0 Å². The number of halogens is 3. The summed E-state index contributed by atoms with van der Waals surface area (Å²) in [6.45, 7) is 0.480. The molecular weight excluding hydrogens is 437 g/mol. The SMILES string of the molecule is COCCNC(=O)/C(=C/c1ccc(-c2cccc(C(F)(F)F)c2)o1)NC(=O)c1ccccc1. The number of hydrogen-bond acceptors (Lipinski definition) is 4. The van der Waals surface area contributed by atoms with Crippen LogP contribution in [0.25, 0.3) is 17.4 Å². The van der Waals surface area contributed by atoms with Crippen molar-refractivity contribution in [3.63, 3.8) is 0 Å². The maximum atomic E-state index is 13.0. The molecule has 0 fully saturated rings. The maximum absolute atomic E-state index is 13.0. The maximum Gasteiger partial charge on any atom is 0.416 e. The first-order valence-corrected chi connectivity index (χ1v) is 9.90. The topological polar surface area (TPSA) is 80.6 Å². The average molecular weight is 458 g/mol. The van der Waals surface area contributed by atoms with Crippen LogP contribution in [0.15, 0.2) is 76.8 Å². The van der Waals surface area contributed by atoms with Gasteiger partial charge in [0.05, 0.1) is 12.2 Å². The van der Waals surface area contributed by atoms with Crippen molar-refractivity contribution < 1.29 is 31.9 Å². The van der Waals surface area contributed by atoms with Gasteiger partial charge in [0.2, 0.25) is 0 Å². The number of amides is 2. The molecule has 172 valence electrons. The predicted molar refractivity (Wildman–Crippen MR) is 116 cm³/mol. The van der Waals surface area contributed by atoms with Crippen LogP contribution < -0.4 is 10.6 Å². The van der Waals surface area contributed by atoms with E-state index < -0.39 is 23.6 Å². The highest BCUT2D eigenvalue weighted by molar-refractivity contribution is 6.05. The highest BCUT2D eigenvalue weighted by atomic mass is 19.4. The number of carbonyl (C=O) groups excluding carboxylic acids is 2. The minimum atomic E-state index is -4.49. The monoisotopic (exact) mass is 458 g/mol. The van der Waals surface area contributed by atoms with E-state index in [1.54, 1.807) is 30.3 Å². The normalized spacial score (nSPS) is 11.8. The second-order valence-electron chi connectivity index (χ2n) is 6.91. The minimum absolute atomic E-state index is 0.0927. The van der Waals surface area contributed by atoms with Gasteiger partial charge in [-0.2, -0.15) is 13.2 Å². The quantitative estimate of drug-likeness (QED) is 0.385. The molecule has 0 saturated heterocycles. The summed E-state index contributed by atoms with van der Waals surface area (Å²) in [4.78, 5) is 25.1. The lowest BCUT2D eigenvalue weighted by atomic mass is 10.1. The summed E-state index contributed by atoms with van der Waals surface area (Å²) in [7, 11) is 1.48. The average Bonchev–Trinajstić information content (AvgIpc) is 3.27. The number of carbonyl (C=O) groups is 2. The van der Waals surface area contributed by atoms with Crippen molar-refractivity contribution in [2.24, 2.45) is 0 Å². The molecule has 0 saturated carbocycles. The highest BCUT2D eigenvalue weighted by Gasteiger charge is 2.30. The molecule has 6 nitrogen and oxygen atoms in total. The van der Waals surface area contributed by atoms with Crippen LogP contribution in [0.1, 0.15) is 21.7 Å². The molecule has 3 rings (SSSR count). The lowest BCUT2D eigenvalue weighted by Gasteiger charge is -2.10. The van der Waals surface area contributed by atoms with E-state index in [0.717, 1.165) is 12.1 Å². The van der Waals surface area contributed by atoms with Crippen LogP contribution in [-0.4, -0.2) is 32.1 Å². The molecule has 0 aliphatic heterocycles. The third-order valence-corrected chi connectivity index (χ3v) is 4.51. The van der Waals surface area contributed by atoms with Crippen LogP contribution in [0.5, 0.6) is 0 Å². The molecule has 1 heterocycles. The largest absolute Gasteiger partial charge is 0.457 e. The zero-order valence-corrected chi connectivity index (χ0v) is 17.6. The summed E-state index contributed by atoms with van der Waals surface area (Å²) >= 11 is 0.